The Kier molecular flexibility index (Phi) is 4.51. The normalized spacial score (nSPS) is 13.6. The van der Waals surface area contributed by atoms with Gasteiger partial charge in [0.15, 0.2) is 0 Å². The molecule has 1 amide bonds. The number of alkyl halides is 1. The van der Waals surface area contributed by atoms with E-state index < -0.39 is 0 Å². The molecule has 1 N–H and O–H groups in total. The molecule has 0 aliphatic carbocycles. The van der Waals surface area contributed by atoms with E-state index in [-0.39, 0.29) is 16.8 Å². The van der Waals surface area contributed by atoms with Crippen molar-refractivity contribution in [1.82, 2.24) is 5.32 Å². The van der Waals surface area contributed by atoms with E-state index in [9.17, 15) is 4.79 Å². The van der Waals surface area contributed by atoms with E-state index in [1.165, 1.54) is 0 Å². The third kappa shape index (κ3) is 3.35. The standard InChI is InChI=1S/C12H13BrN2O/c1-8(13)12(16)15-9(2)11-5-3-10(7-14)4-6-11/h3-6,8-9H,1-2H3,(H,15,16). The van der Waals surface area contributed by atoms with Gasteiger partial charge in [-0.1, -0.05) is 28.1 Å². The summed E-state index contributed by atoms with van der Waals surface area (Å²) in [5, 5.41) is 11.5. The summed E-state index contributed by atoms with van der Waals surface area (Å²) in [7, 11) is 0. The van der Waals surface area contributed by atoms with Crippen LogP contribution in [0, 0.1) is 11.3 Å². The molecule has 0 aliphatic rings. The molecule has 1 aromatic rings. The Labute approximate surface area is 104 Å². The monoisotopic (exact) mass is 280 g/mol. The molecule has 3 nitrogen and oxygen atoms in total. The minimum absolute atomic E-state index is 0.0446. The van der Waals surface area contributed by atoms with Gasteiger partial charge in [-0.15, -0.1) is 0 Å². The molecule has 1 aromatic carbocycles. The number of nitrogens with zero attached hydrogens (tertiary/aromatic N) is 1. The van der Waals surface area contributed by atoms with E-state index in [1.54, 1.807) is 19.1 Å². The molecule has 16 heavy (non-hydrogen) atoms. The first-order valence-electron chi connectivity index (χ1n) is 4.99. The third-order valence-electron chi connectivity index (χ3n) is 2.26. The molecule has 0 aliphatic heterocycles. The average molecular weight is 281 g/mol. The molecule has 0 saturated carbocycles. The fourth-order valence-corrected chi connectivity index (χ4v) is 1.39. The summed E-state index contributed by atoms with van der Waals surface area (Å²) in [6.07, 6.45) is 0. The molecule has 0 radical (unpaired) electrons. The van der Waals surface area contributed by atoms with Crippen molar-refractivity contribution in [2.24, 2.45) is 0 Å². The van der Waals surface area contributed by atoms with Crippen LogP contribution >= 0.6 is 15.9 Å². The highest BCUT2D eigenvalue weighted by atomic mass is 79.9. The highest BCUT2D eigenvalue weighted by molar-refractivity contribution is 9.10. The average Bonchev–Trinajstić information content (AvgIpc) is 2.28. The van der Waals surface area contributed by atoms with E-state index in [4.69, 9.17) is 5.26 Å². The third-order valence-corrected chi connectivity index (χ3v) is 2.68. The quantitative estimate of drug-likeness (QED) is 0.865. The van der Waals surface area contributed by atoms with Gasteiger partial charge in [-0.25, -0.2) is 0 Å². The van der Waals surface area contributed by atoms with Crippen molar-refractivity contribution in [2.45, 2.75) is 24.7 Å². The largest absolute Gasteiger partial charge is 0.349 e. The van der Waals surface area contributed by atoms with Gasteiger partial charge in [0.25, 0.3) is 0 Å². The molecule has 0 bridgehead atoms. The van der Waals surface area contributed by atoms with Gasteiger partial charge >= 0.3 is 0 Å². The molecule has 0 spiro atoms. The predicted octanol–water partition coefficient (Wildman–Crippen LogP) is 2.52. The van der Waals surface area contributed by atoms with Crippen LogP contribution in [-0.4, -0.2) is 10.7 Å². The zero-order chi connectivity index (χ0) is 12.1. The Balaban J connectivity index is 2.70. The second-order valence-corrected chi connectivity index (χ2v) is 4.95. The van der Waals surface area contributed by atoms with Crippen LogP contribution in [0.2, 0.25) is 0 Å². The summed E-state index contributed by atoms with van der Waals surface area (Å²) in [5.41, 5.74) is 1.61. The first-order valence-corrected chi connectivity index (χ1v) is 5.90. The number of amides is 1. The lowest BCUT2D eigenvalue weighted by Crippen LogP contribution is -2.31. The van der Waals surface area contributed by atoms with Crippen LogP contribution in [0.1, 0.15) is 31.0 Å². The summed E-state index contributed by atoms with van der Waals surface area (Å²) in [6.45, 7) is 3.69. The van der Waals surface area contributed by atoms with Crippen molar-refractivity contribution < 1.29 is 4.79 Å². The molecule has 0 heterocycles. The number of nitrogens with one attached hydrogen (secondary N) is 1. The SMILES string of the molecule is CC(Br)C(=O)NC(C)c1ccc(C#N)cc1. The number of carbonyl (C=O) groups excluding carboxylic acids is 1. The van der Waals surface area contributed by atoms with Crippen LogP contribution in [0.15, 0.2) is 24.3 Å². The topological polar surface area (TPSA) is 52.9 Å². The van der Waals surface area contributed by atoms with Gasteiger partial charge in [-0.05, 0) is 31.5 Å². The summed E-state index contributed by atoms with van der Waals surface area (Å²) in [5.74, 6) is -0.0446. The maximum Gasteiger partial charge on any atom is 0.233 e. The molecule has 1 rings (SSSR count). The summed E-state index contributed by atoms with van der Waals surface area (Å²) >= 11 is 3.21. The number of carbonyl (C=O) groups is 1. The molecule has 2 unspecified atom stereocenters. The molecule has 0 fully saturated rings. The molecule has 84 valence electrons. The van der Waals surface area contributed by atoms with E-state index in [0.29, 0.717) is 5.56 Å². The van der Waals surface area contributed by atoms with Crippen LogP contribution in [0.5, 0.6) is 0 Å². The molecular formula is C12H13BrN2O. The van der Waals surface area contributed by atoms with Gasteiger partial charge in [0.1, 0.15) is 0 Å². The van der Waals surface area contributed by atoms with Gasteiger partial charge < -0.3 is 5.32 Å². The minimum atomic E-state index is -0.201. The van der Waals surface area contributed by atoms with Crippen LogP contribution in [0.3, 0.4) is 0 Å². The van der Waals surface area contributed by atoms with Crippen LogP contribution in [0.4, 0.5) is 0 Å². The summed E-state index contributed by atoms with van der Waals surface area (Å²) in [4.78, 5) is 11.2. The number of nitriles is 1. The van der Waals surface area contributed by atoms with Gasteiger partial charge in [0.2, 0.25) is 5.91 Å². The molecule has 2 atom stereocenters. The van der Waals surface area contributed by atoms with Gasteiger partial charge in [0.05, 0.1) is 22.5 Å². The second-order valence-electron chi connectivity index (χ2n) is 3.58. The van der Waals surface area contributed by atoms with Crippen molar-refractivity contribution >= 4 is 21.8 Å². The maximum absolute atomic E-state index is 11.4. The smallest absolute Gasteiger partial charge is 0.233 e. The van der Waals surface area contributed by atoms with E-state index >= 15 is 0 Å². The summed E-state index contributed by atoms with van der Waals surface area (Å²) in [6, 6.07) is 9.19. The Morgan fingerprint density at radius 1 is 1.38 bits per heavy atom. The van der Waals surface area contributed by atoms with Crippen LogP contribution in [-0.2, 0) is 4.79 Å². The number of rotatable bonds is 3. The highest BCUT2D eigenvalue weighted by Crippen LogP contribution is 2.13. The zero-order valence-electron chi connectivity index (χ0n) is 9.20. The molecule has 0 saturated heterocycles. The van der Waals surface area contributed by atoms with Crippen molar-refractivity contribution in [2.75, 3.05) is 0 Å². The number of hydrogen-bond acceptors (Lipinski definition) is 2. The molecular weight excluding hydrogens is 268 g/mol. The van der Waals surface area contributed by atoms with Crippen molar-refractivity contribution in [3.05, 3.63) is 35.4 Å². The van der Waals surface area contributed by atoms with Crippen LogP contribution < -0.4 is 5.32 Å². The first-order chi connectivity index (χ1) is 7.54. The predicted molar refractivity (Wildman–Crippen MR) is 66.1 cm³/mol. The Bertz CT molecular complexity index is 406. The maximum atomic E-state index is 11.4. The van der Waals surface area contributed by atoms with Gasteiger partial charge in [-0.3, -0.25) is 4.79 Å². The Morgan fingerprint density at radius 3 is 2.38 bits per heavy atom. The number of halogens is 1. The lowest BCUT2D eigenvalue weighted by atomic mass is 10.1. The van der Waals surface area contributed by atoms with E-state index in [0.717, 1.165) is 5.56 Å². The second kappa shape index (κ2) is 5.66. The molecule has 0 aromatic heterocycles. The van der Waals surface area contributed by atoms with Crippen molar-refractivity contribution in [3.63, 3.8) is 0 Å². The number of hydrogen-bond donors (Lipinski definition) is 1. The lowest BCUT2D eigenvalue weighted by molar-refractivity contribution is -0.120. The number of benzene rings is 1. The fourth-order valence-electron chi connectivity index (χ4n) is 1.26. The summed E-state index contributed by atoms with van der Waals surface area (Å²) < 4.78 is 0. The lowest BCUT2D eigenvalue weighted by Gasteiger charge is -2.15. The minimum Gasteiger partial charge on any atom is -0.349 e. The van der Waals surface area contributed by atoms with Crippen molar-refractivity contribution in [3.8, 4) is 6.07 Å². The van der Waals surface area contributed by atoms with Crippen molar-refractivity contribution in [1.29, 1.82) is 5.26 Å². The van der Waals surface area contributed by atoms with E-state index in [2.05, 4.69) is 27.3 Å². The Morgan fingerprint density at radius 2 is 1.94 bits per heavy atom. The fraction of sp³-hybridized carbons (Fsp3) is 0.333. The molecule has 4 heteroatoms. The first kappa shape index (κ1) is 12.7. The highest BCUT2D eigenvalue weighted by Gasteiger charge is 2.13. The Hall–Kier alpha value is -1.34. The van der Waals surface area contributed by atoms with E-state index in [1.807, 2.05) is 19.1 Å². The van der Waals surface area contributed by atoms with Crippen LogP contribution in [0.25, 0.3) is 0 Å². The zero-order valence-corrected chi connectivity index (χ0v) is 10.8. The van der Waals surface area contributed by atoms with Gasteiger partial charge in [-0.2, -0.15) is 5.26 Å². The van der Waals surface area contributed by atoms with Gasteiger partial charge in [0, 0.05) is 0 Å².